The second-order valence-corrected chi connectivity index (χ2v) is 8.55. The van der Waals surface area contributed by atoms with E-state index in [0.29, 0.717) is 34.5 Å². The molecule has 0 aliphatic carbocycles. The third kappa shape index (κ3) is 3.37. The van der Waals surface area contributed by atoms with E-state index in [0.717, 1.165) is 22.1 Å². The molecular formula is C26H20BrN3O2. The average Bonchev–Trinajstić information content (AvgIpc) is 3.07. The van der Waals surface area contributed by atoms with Crippen molar-refractivity contribution < 1.29 is 4.79 Å². The van der Waals surface area contributed by atoms with Crippen LogP contribution in [0.25, 0.3) is 28.2 Å². The molecule has 0 radical (unpaired) electrons. The molecule has 32 heavy (non-hydrogen) atoms. The quantitative estimate of drug-likeness (QED) is 0.361. The van der Waals surface area contributed by atoms with Crippen LogP contribution in [0.4, 0.5) is 5.69 Å². The molecule has 1 aliphatic heterocycles. The molecule has 5 rings (SSSR count). The molecule has 0 unspecified atom stereocenters. The molecule has 0 fully saturated rings. The molecule has 6 heteroatoms. The summed E-state index contributed by atoms with van der Waals surface area (Å²) >= 11 is 3.45. The Bertz CT molecular complexity index is 1440. The van der Waals surface area contributed by atoms with Crippen molar-refractivity contribution in [3.8, 4) is 5.69 Å². The third-order valence-corrected chi connectivity index (χ3v) is 6.10. The van der Waals surface area contributed by atoms with E-state index in [1.807, 2.05) is 73.7 Å². The minimum absolute atomic E-state index is 0.0715. The van der Waals surface area contributed by atoms with E-state index in [-0.39, 0.29) is 11.5 Å². The zero-order chi connectivity index (χ0) is 22.2. The summed E-state index contributed by atoms with van der Waals surface area (Å²) in [6.45, 7) is 2.69. The summed E-state index contributed by atoms with van der Waals surface area (Å²) in [6, 6.07) is 22.5. The third-order valence-electron chi connectivity index (χ3n) is 5.57. The fraction of sp³-hybridized carbons (Fsp3) is 0.115. The molecule has 5 nitrogen and oxygen atoms in total. The van der Waals surface area contributed by atoms with Gasteiger partial charge >= 0.3 is 0 Å². The van der Waals surface area contributed by atoms with Crippen molar-refractivity contribution >= 4 is 50.1 Å². The number of halogens is 1. The fourth-order valence-electron chi connectivity index (χ4n) is 4.11. The van der Waals surface area contributed by atoms with E-state index < -0.39 is 0 Å². The Kier molecular flexibility index (Phi) is 5.23. The predicted octanol–water partition coefficient (Wildman–Crippen LogP) is 5.45. The summed E-state index contributed by atoms with van der Waals surface area (Å²) in [5, 5.41) is 0.531. The SMILES string of the molecule is CCCN1C(=O)C(=Cc2nc3ccccc3c(=O)n2-c2ccc(Br)cc2)c2ccccc21. The standard InChI is InChI=1S/C26H20BrN3O2/c1-2-15-29-23-10-6-4-7-19(23)21(25(29)31)16-24-28-22-9-5-3-8-20(22)26(32)30(24)18-13-11-17(27)12-14-18/h3-14,16H,2,15H2,1H3. The van der Waals surface area contributed by atoms with Gasteiger partial charge < -0.3 is 4.90 Å². The van der Waals surface area contributed by atoms with Gasteiger partial charge in [-0.15, -0.1) is 0 Å². The highest BCUT2D eigenvalue weighted by Gasteiger charge is 2.31. The first kappa shape index (κ1) is 20.4. The fourth-order valence-corrected chi connectivity index (χ4v) is 4.37. The van der Waals surface area contributed by atoms with Crippen molar-refractivity contribution in [2.24, 2.45) is 0 Å². The Hall–Kier alpha value is -3.51. The van der Waals surface area contributed by atoms with E-state index in [4.69, 9.17) is 4.98 Å². The zero-order valence-corrected chi connectivity index (χ0v) is 19.0. The lowest BCUT2D eigenvalue weighted by molar-refractivity contribution is -0.113. The highest BCUT2D eigenvalue weighted by atomic mass is 79.9. The van der Waals surface area contributed by atoms with Crippen LogP contribution in [-0.4, -0.2) is 22.0 Å². The van der Waals surface area contributed by atoms with Crippen LogP contribution in [0.5, 0.6) is 0 Å². The van der Waals surface area contributed by atoms with Gasteiger partial charge in [-0.2, -0.15) is 0 Å². The summed E-state index contributed by atoms with van der Waals surface area (Å²) in [6.07, 6.45) is 2.60. The number of fused-ring (bicyclic) bond motifs is 2. The maximum atomic E-state index is 13.5. The first-order chi connectivity index (χ1) is 15.6. The molecule has 1 aromatic heterocycles. The first-order valence-corrected chi connectivity index (χ1v) is 11.3. The van der Waals surface area contributed by atoms with Gasteiger partial charge in [0.05, 0.1) is 27.9 Å². The van der Waals surface area contributed by atoms with Crippen LogP contribution < -0.4 is 10.5 Å². The summed E-state index contributed by atoms with van der Waals surface area (Å²) in [5.74, 6) is 0.352. The Balaban J connectivity index is 1.78. The molecule has 0 spiro atoms. The topological polar surface area (TPSA) is 55.2 Å². The molecule has 0 N–H and O–H groups in total. The zero-order valence-electron chi connectivity index (χ0n) is 17.5. The monoisotopic (exact) mass is 485 g/mol. The van der Waals surface area contributed by atoms with E-state index >= 15 is 0 Å². The Morgan fingerprint density at radius 1 is 0.938 bits per heavy atom. The number of benzene rings is 3. The van der Waals surface area contributed by atoms with E-state index in [9.17, 15) is 9.59 Å². The van der Waals surface area contributed by atoms with Crippen LogP contribution in [0.2, 0.25) is 0 Å². The number of para-hydroxylation sites is 2. The van der Waals surface area contributed by atoms with Crippen molar-refractivity contribution in [1.82, 2.24) is 9.55 Å². The number of amides is 1. The van der Waals surface area contributed by atoms with Crippen LogP contribution in [-0.2, 0) is 4.79 Å². The lowest BCUT2D eigenvalue weighted by Crippen LogP contribution is -2.27. The average molecular weight is 486 g/mol. The number of hydrogen-bond acceptors (Lipinski definition) is 3. The van der Waals surface area contributed by atoms with Crippen molar-refractivity contribution in [3.63, 3.8) is 0 Å². The summed E-state index contributed by atoms with van der Waals surface area (Å²) in [5.41, 5.74) is 3.41. The number of rotatable bonds is 4. The molecule has 4 aromatic rings. The Morgan fingerprint density at radius 3 is 2.44 bits per heavy atom. The number of anilines is 1. The predicted molar refractivity (Wildman–Crippen MR) is 132 cm³/mol. The Labute approximate surface area is 193 Å². The van der Waals surface area contributed by atoms with Gasteiger partial charge in [-0.25, -0.2) is 4.98 Å². The molecule has 0 bridgehead atoms. The highest BCUT2D eigenvalue weighted by molar-refractivity contribution is 9.10. The van der Waals surface area contributed by atoms with E-state index in [1.54, 1.807) is 21.6 Å². The van der Waals surface area contributed by atoms with E-state index in [1.165, 1.54) is 0 Å². The number of aromatic nitrogens is 2. The largest absolute Gasteiger partial charge is 0.308 e. The second kappa shape index (κ2) is 8.20. The lowest BCUT2D eigenvalue weighted by atomic mass is 10.1. The molecular weight excluding hydrogens is 466 g/mol. The normalized spacial score (nSPS) is 14.4. The van der Waals surface area contributed by atoms with Gasteiger partial charge in [0.15, 0.2) is 0 Å². The lowest BCUT2D eigenvalue weighted by Gasteiger charge is -2.15. The van der Waals surface area contributed by atoms with Gasteiger partial charge in [0.25, 0.3) is 11.5 Å². The maximum Gasteiger partial charge on any atom is 0.266 e. The van der Waals surface area contributed by atoms with Crippen LogP contribution in [0.1, 0.15) is 24.7 Å². The van der Waals surface area contributed by atoms with Gasteiger partial charge in [0.2, 0.25) is 0 Å². The van der Waals surface area contributed by atoms with Crippen molar-refractivity contribution in [3.05, 3.63) is 99.0 Å². The summed E-state index contributed by atoms with van der Waals surface area (Å²) in [4.78, 5) is 33.4. The number of nitrogens with zero attached hydrogens (tertiary/aromatic N) is 3. The van der Waals surface area contributed by atoms with Crippen molar-refractivity contribution in [2.75, 3.05) is 11.4 Å². The summed E-state index contributed by atoms with van der Waals surface area (Å²) in [7, 11) is 0. The molecule has 1 amide bonds. The minimum Gasteiger partial charge on any atom is -0.308 e. The van der Waals surface area contributed by atoms with Gasteiger partial charge in [-0.05, 0) is 55.0 Å². The van der Waals surface area contributed by atoms with Crippen LogP contribution in [0, 0.1) is 0 Å². The van der Waals surface area contributed by atoms with E-state index in [2.05, 4.69) is 15.9 Å². The molecule has 0 saturated heterocycles. The second-order valence-electron chi connectivity index (χ2n) is 7.64. The number of carbonyl (C=O) groups excluding carboxylic acids is 1. The van der Waals surface area contributed by atoms with Crippen LogP contribution in [0.15, 0.2) is 82.1 Å². The van der Waals surface area contributed by atoms with Gasteiger partial charge in [0, 0.05) is 16.6 Å². The van der Waals surface area contributed by atoms with Crippen molar-refractivity contribution in [1.29, 1.82) is 0 Å². The maximum absolute atomic E-state index is 13.5. The molecule has 3 aromatic carbocycles. The summed E-state index contributed by atoms with van der Waals surface area (Å²) < 4.78 is 2.48. The van der Waals surface area contributed by atoms with Crippen LogP contribution in [0.3, 0.4) is 0 Å². The molecule has 2 heterocycles. The van der Waals surface area contributed by atoms with Gasteiger partial charge in [-0.3, -0.25) is 14.2 Å². The number of carbonyl (C=O) groups is 1. The van der Waals surface area contributed by atoms with Crippen molar-refractivity contribution in [2.45, 2.75) is 13.3 Å². The molecule has 0 saturated carbocycles. The first-order valence-electron chi connectivity index (χ1n) is 10.5. The Morgan fingerprint density at radius 2 is 1.66 bits per heavy atom. The molecule has 158 valence electrons. The smallest absolute Gasteiger partial charge is 0.266 e. The van der Waals surface area contributed by atoms with Gasteiger partial charge in [-0.1, -0.05) is 53.2 Å². The molecule has 1 aliphatic rings. The van der Waals surface area contributed by atoms with Crippen LogP contribution >= 0.6 is 15.9 Å². The van der Waals surface area contributed by atoms with Gasteiger partial charge in [0.1, 0.15) is 5.82 Å². The highest BCUT2D eigenvalue weighted by Crippen LogP contribution is 2.37. The molecule has 0 atom stereocenters. The minimum atomic E-state index is -0.172. The number of hydrogen-bond donors (Lipinski definition) is 0.